The molecule has 0 aliphatic rings. The van der Waals surface area contributed by atoms with E-state index in [0.717, 1.165) is 11.1 Å². The van der Waals surface area contributed by atoms with Gasteiger partial charge in [-0.1, -0.05) is 48.0 Å². The molecule has 0 bridgehead atoms. The Bertz CT molecular complexity index is 628. The third-order valence-corrected chi connectivity index (χ3v) is 3.41. The summed E-state index contributed by atoms with van der Waals surface area (Å²) in [6.07, 6.45) is 0. The molecule has 3 nitrogen and oxygen atoms in total. The van der Waals surface area contributed by atoms with Crippen LogP contribution in [-0.4, -0.2) is 13.0 Å². The number of hydrogen-bond acceptors (Lipinski definition) is 3. The van der Waals surface area contributed by atoms with E-state index in [2.05, 4.69) is 0 Å². The molecule has 0 N–H and O–H groups in total. The molecule has 2 rings (SSSR count). The van der Waals surface area contributed by atoms with Crippen molar-refractivity contribution in [3.8, 4) is 11.1 Å². The molecule has 0 atom stereocenters. The quantitative estimate of drug-likeness (QED) is 0.766. The van der Waals surface area contributed by atoms with Gasteiger partial charge in [0.1, 0.15) is 10.1 Å². The van der Waals surface area contributed by atoms with Crippen molar-refractivity contribution in [1.82, 2.24) is 0 Å². The first-order chi connectivity index (χ1) is 7.98. The molecule has 0 aliphatic heterocycles. The lowest BCUT2D eigenvalue weighted by atomic mass is 10.0. The summed E-state index contributed by atoms with van der Waals surface area (Å²) in [6, 6.07) is 13.6. The summed E-state index contributed by atoms with van der Waals surface area (Å²) in [4.78, 5) is -0.177. The van der Waals surface area contributed by atoms with Gasteiger partial charge in [0.15, 0.2) is 0 Å². The van der Waals surface area contributed by atoms with Crippen molar-refractivity contribution < 1.29 is 13.0 Å². The van der Waals surface area contributed by atoms with Gasteiger partial charge in [-0.25, -0.2) is 8.42 Å². The summed E-state index contributed by atoms with van der Waals surface area (Å²) < 4.78 is 33.4. The summed E-state index contributed by atoms with van der Waals surface area (Å²) >= 11 is 0. The Morgan fingerprint density at radius 3 is 2.12 bits per heavy atom. The van der Waals surface area contributed by atoms with Crippen molar-refractivity contribution in [3.05, 3.63) is 54.1 Å². The Labute approximate surface area is 100 Å². The Hall–Kier alpha value is -1.65. The average Bonchev–Trinajstić information content (AvgIpc) is 2.29. The molecule has 0 saturated heterocycles. The van der Waals surface area contributed by atoms with Gasteiger partial charge in [-0.05, 0) is 24.1 Å². The van der Waals surface area contributed by atoms with Crippen LogP contribution < -0.4 is 0 Å². The second-order valence-corrected chi connectivity index (χ2v) is 5.16. The first-order valence-corrected chi connectivity index (χ1v) is 6.51. The topological polar surface area (TPSA) is 57.2 Å². The number of rotatable bonds is 2. The van der Waals surface area contributed by atoms with E-state index >= 15 is 0 Å². The van der Waals surface area contributed by atoms with Crippen LogP contribution in [0.5, 0.6) is 0 Å². The second kappa shape index (κ2) is 4.31. The Morgan fingerprint density at radius 2 is 1.53 bits per heavy atom. The minimum absolute atomic E-state index is 0.177. The van der Waals surface area contributed by atoms with Crippen LogP contribution in [0.25, 0.3) is 11.1 Å². The maximum Gasteiger partial charge on any atom is 0.125 e. The Morgan fingerprint density at radius 1 is 0.941 bits per heavy atom. The van der Waals surface area contributed by atoms with E-state index in [1.165, 1.54) is 6.07 Å². The highest BCUT2D eigenvalue weighted by Crippen LogP contribution is 2.26. The average molecular weight is 247 g/mol. The predicted octanol–water partition coefficient (Wildman–Crippen LogP) is 2.57. The van der Waals surface area contributed by atoms with Crippen LogP contribution in [0, 0.1) is 6.92 Å². The molecule has 17 heavy (non-hydrogen) atoms. The second-order valence-electron chi connectivity index (χ2n) is 3.82. The molecular weight excluding hydrogens is 236 g/mol. The highest BCUT2D eigenvalue weighted by molar-refractivity contribution is 7.85. The molecule has 2 aromatic carbocycles. The van der Waals surface area contributed by atoms with Crippen molar-refractivity contribution in [2.24, 2.45) is 0 Å². The predicted molar refractivity (Wildman–Crippen MR) is 64.6 cm³/mol. The van der Waals surface area contributed by atoms with Crippen LogP contribution in [0.4, 0.5) is 0 Å². The smallest absolute Gasteiger partial charge is 0.125 e. The van der Waals surface area contributed by atoms with Crippen LogP contribution in [0.3, 0.4) is 0 Å². The molecule has 4 heteroatoms. The summed E-state index contributed by atoms with van der Waals surface area (Å²) in [5, 5.41) is 0. The molecule has 0 amide bonds. The highest BCUT2D eigenvalue weighted by atomic mass is 32.2. The standard InChI is InChI=1S/C13H12O3S/c1-10-6-8-11(9-7-10)12-4-2-3-5-13(12)17(14,15)16/h2-9H,1H3,(H,14,15,16)/p-1. The van der Waals surface area contributed by atoms with Crippen molar-refractivity contribution in [2.75, 3.05) is 0 Å². The molecule has 0 aromatic heterocycles. The molecule has 88 valence electrons. The highest BCUT2D eigenvalue weighted by Gasteiger charge is 2.09. The third kappa shape index (κ3) is 2.54. The fraction of sp³-hybridized carbons (Fsp3) is 0.0769. The first kappa shape index (κ1) is 11.8. The lowest BCUT2D eigenvalue weighted by Crippen LogP contribution is -2.00. The van der Waals surface area contributed by atoms with E-state index in [4.69, 9.17) is 0 Å². The molecule has 0 saturated carbocycles. The van der Waals surface area contributed by atoms with E-state index < -0.39 is 10.1 Å². The maximum absolute atomic E-state index is 11.1. The minimum atomic E-state index is -4.44. The number of hydrogen-bond donors (Lipinski definition) is 0. The van der Waals surface area contributed by atoms with Crippen molar-refractivity contribution in [3.63, 3.8) is 0 Å². The summed E-state index contributed by atoms with van der Waals surface area (Å²) in [7, 11) is -4.44. The SMILES string of the molecule is Cc1ccc(-c2ccccc2S(=O)(=O)[O-])cc1. The van der Waals surface area contributed by atoms with Gasteiger partial charge in [-0.3, -0.25) is 0 Å². The zero-order chi connectivity index (χ0) is 12.5. The van der Waals surface area contributed by atoms with Gasteiger partial charge < -0.3 is 4.55 Å². The van der Waals surface area contributed by atoms with Gasteiger partial charge in [0.05, 0.1) is 4.90 Å². The third-order valence-electron chi connectivity index (χ3n) is 2.52. The van der Waals surface area contributed by atoms with Crippen molar-refractivity contribution in [1.29, 1.82) is 0 Å². The summed E-state index contributed by atoms with van der Waals surface area (Å²) in [5.74, 6) is 0. The van der Waals surface area contributed by atoms with E-state index in [1.807, 2.05) is 19.1 Å². The molecule has 2 aromatic rings. The van der Waals surface area contributed by atoms with E-state index in [9.17, 15) is 13.0 Å². The molecule has 0 spiro atoms. The lowest BCUT2D eigenvalue weighted by Gasteiger charge is -2.12. The van der Waals surface area contributed by atoms with Crippen LogP contribution >= 0.6 is 0 Å². The normalized spacial score (nSPS) is 11.4. The minimum Gasteiger partial charge on any atom is -0.744 e. The monoisotopic (exact) mass is 247 g/mol. The number of aryl methyl sites for hydroxylation is 1. The van der Waals surface area contributed by atoms with E-state index in [1.54, 1.807) is 30.3 Å². The molecule has 0 fully saturated rings. The van der Waals surface area contributed by atoms with Gasteiger partial charge in [0.2, 0.25) is 0 Å². The fourth-order valence-corrected chi connectivity index (χ4v) is 2.36. The van der Waals surface area contributed by atoms with Gasteiger partial charge in [0, 0.05) is 0 Å². The largest absolute Gasteiger partial charge is 0.744 e. The van der Waals surface area contributed by atoms with Crippen LogP contribution in [0.2, 0.25) is 0 Å². The van der Waals surface area contributed by atoms with Gasteiger partial charge in [-0.15, -0.1) is 0 Å². The zero-order valence-electron chi connectivity index (χ0n) is 9.25. The summed E-state index contributed by atoms with van der Waals surface area (Å²) in [5.41, 5.74) is 2.25. The number of benzene rings is 2. The molecule has 0 heterocycles. The van der Waals surface area contributed by atoms with Crippen molar-refractivity contribution >= 4 is 10.1 Å². The van der Waals surface area contributed by atoms with Gasteiger partial charge in [-0.2, -0.15) is 0 Å². The van der Waals surface area contributed by atoms with Gasteiger partial charge in [0.25, 0.3) is 0 Å². The van der Waals surface area contributed by atoms with Crippen LogP contribution in [-0.2, 0) is 10.1 Å². The van der Waals surface area contributed by atoms with Crippen LogP contribution in [0.15, 0.2) is 53.4 Å². The molecule has 0 aliphatic carbocycles. The summed E-state index contributed by atoms with van der Waals surface area (Å²) in [6.45, 7) is 1.94. The van der Waals surface area contributed by atoms with E-state index in [-0.39, 0.29) is 4.90 Å². The van der Waals surface area contributed by atoms with Gasteiger partial charge >= 0.3 is 0 Å². The fourth-order valence-electron chi connectivity index (χ4n) is 1.66. The maximum atomic E-state index is 11.1. The lowest BCUT2D eigenvalue weighted by molar-refractivity contribution is 0.463. The Kier molecular flexibility index (Phi) is 3.00. The van der Waals surface area contributed by atoms with Crippen LogP contribution in [0.1, 0.15) is 5.56 Å². The zero-order valence-corrected chi connectivity index (χ0v) is 10.1. The molecule has 0 unspecified atom stereocenters. The molecule has 0 radical (unpaired) electrons. The molecular formula is C13H11O3S-. The Balaban J connectivity index is 2.64. The van der Waals surface area contributed by atoms with Crippen molar-refractivity contribution in [2.45, 2.75) is 11.8 Å². The first-order valence-electron chi connectivity index (χ1n) is 5.10. The van der Waals surface area contributed by atoms with E-state index in [0.29, 0.717) is 5.56 Å².